The zero-order valence-electron chi connectivity index (χ0n) is 18.8. The first-order valence-corrected chi connectivity index (χ1v) is 10.4. The summed E-state index contributed by atoms with van der Waals surface area (Å²) in [5.74, 6) is 1.08. The molecule has 1 fully saturated rings. The molecule has 0 spiro atoms. The number of nitrogens with one attached hydrogen (secondary N) is 2. The summed E-state index contributed by atoms with van der Waals surface area (Å²) >= 11 is 0. The molecule has 0 amide bonds. The number of nitro groups is 1. The third kappa shape index (κ3) is 5.33. The molecule has 0 unspecified atom stereocenters. The molecule has 1 aliphatic carbocycles. The molecule has 11 nitrogen and oxygen atoms in total. The number of rotatable bonds is 10. The number of hydrogen-bond donors (Lipinski definition) is 2. The molecule has 0 aliphatic heterocycles. The number of aromatic nitrogens is 2. The molecule has 1 saturated carbocycles. The molecular formula is C21H28N8O3. The molecule has 1 aliphatic rings. The van der Waals surface area contributed by atoms with Crippen LogP contribution in [0.3, 0.4) is 0 Å². The Morgan fingerprint density at radius 3 is 2.62 bits per heavy atom. The van der Waals surface area contributed by atoms with E-state index in [2.05, 4.69) is 26.7 Å². The molecule has 2 N–H and O–H groups in total. The minimum absolute atomic E-state index is 0.0592. The standard InChI is InChI=1S/C21H28N8O3/c1-27(2)8-9-28(3)17-11-19(32-4)16(10-18(17)29(30)31)25-21-23-13-14(12-22)20(26-21)24-15-6-5-7-15/h10-11,13,15H,5-9H2,1-4H3,(H2,23,24,25,26). The van der Waals surface area contributed by atoms with E-state index in [-0.39, 0.29) is 17.7 Å². The van der Waals surface area contributed by atoms with E-state index in [9.17, 15) is 15.4 Å². The van der Waals surface area contributed by atoms with E-state index in [0.717, 1.165) is 25.8 Å². The summed E-state index contributed by atoms with van der Waals surface area (Å²) < 4.78 is 5.49. The zero-order valence-corrected chi connectivity index (χ0v) is 18.8. The van der Waals surface area contributed by atoms with Crippen molar-refractivity contribution in [1.82, 2.24) is 14.9 Å². The van der Waals surface area contributed by atoms with Gasteiger partial charge in [-0.1, -0.05) is 0 Å². The van der Waals surface area contributed by atoms with Crippen molar-refractivity contribution in [2.75, 3.05) is 56.9 Å². The van der Waals surface area contributed by atoms with Crippen LogP contribution in [0.15, 0.2) is 18.3 Å². The summed E-state index contributed by atoms with van der Waals surface area (Å²) in [7, 11) is 7.20. The topological polar surface area (TPSA) is 132 Å². The van der Waals surface area contributed by atoms with Crippen molar-refractivity contribution in [1.29, 1.82) is 5.26 Å². The number of nitrogens with zero attached hydrogens (tertiary/aromatic N) is 6. The predicted octanol–water partition coefficient (Wildman–Crippen LogP) is 2.97. The van der Waals surface area contributed by atoms with Crippen molar-refractivity contribution < 1.29 is 9.66 Å². The van der Waals surface area contributed by atoms with E-state index in [1.165, 1.54) is 19.4 Å². The molecule has 1 heterocycles. The average Bonchev–Trinajstić information content (AvgIpc) is 2.74. The first-order chi connectivity index (χ1) is 15.3. The number of anilines is 4. The number of likely N-dealkylation sites (N-methyl/N-ethyl adjacent to an activating group) is 2. The van der Waals surface area contributed by atoms with Gasteiger partial charge in [-0.3, -0.25) is 10.1 Å². The van der Waals surface area contributed by atoms with E-state index in [0.29, 0.717) is 35.1 Å². The second kappa shape index (κ2) is 10.1. The number of nitro benzene ring substituents is 1. The van der Waals surface area contributed by atoms with Gasteiger partial charge in [-0.05, 0) is 33.4 Å². The van der Waals surface area contributed by atoms with Gasteiger partial charge in [0.15, 0.2) is 0 Å². The van der Waals surface area contributed by atoms with E-state index in [4.69, 9.17) is 4.74 Å². The lowest BCUT2D eigenvalue weighted by atomic mass is 9.93. The number of ether oxygens (including phenoxy) is 1. The van der Waals surface area contributed by atoms with Gasteiger partial charge in [-0.25, -0.2) is 4.98 Å². The van der Waals surface area contributed by atoms with Gasteiger partial charge in [0.05, 0.1) is 23.9 Å². The Kier molecular flexibility index (Phi) is 7.27. The average molecular weight is 441 g/mol. The first-order valence-electron chi connectivity index (χ1n) is 10.4. The normalized spacial score (nSPS) is 13.2. The lowest BCUT2D eigenvalue weighted by Crippen LogP contribution is -2.29. The maximum absolute atomic E-state index is 11.8. The lowest BCUT2D eigenvalue weighted by Gasteiger charge is -2.27. The van der Waals surface area contributed by atoms with Crippen LogP contribution >= 0.6 is 0 Å². The van der Waals surface area contributed by atoms with Crippen LogP contribution in [0.5, 0.6) is 5.75 Å². The van der Waals surface area contributed by atoms with Crippen LogP contribution in [0.4, 0.5) is 28.8 Å². The summed E-state index contributed by atoms with van der Waals surface area (Å²) in [5.41, 5.74) is 1.10. The van der Waals surface area contributed by atoms with Crippen LogP contribution in [0.2, 0.25) is 0 Å². The second-order valence-electron chi connectivity index (χ2n) is 7.99. The summed E-state index contributed by atoms with van der Waals surface area (Å²) in [6.45, 7) is 1.35. The van der Waals surface area contributed by atoms with Crippen molar-refractivity contribution in [2.45, 2.75) is 25.3 Å². The van der Waals surface area contributed by atoms with Crippen molar-refractivity contribution >= 4 is 28.8 Å². The van der Waals surface area contributed by atoms with Gasteiger partial charge in [0.2, 0.25) is 5.95 Å². The SMILES string of the molecule is COc1cc(N(C)CCN(C)C)c([N+](=O)[O-])cc1Nc1ncc(C#N)c(NC2CCC2)n1. The second-order valence-corrected chi connectivity index (χ2v) is 7.99. The van der Waals surface area contributed by atoms with Crippen LogP contribution in [-0.2, 0) is 0 Å². The number of hydrogen-bond acceptors (Lipinski definition) is 10. The Balaban J connectivity index is 1.92. The highest BCUT2D eigenvalue weighted by Gasteiger charge is 2.23. The highest BCUT2D eigenvalue weighted by molar-refractivity contribution is 5.77. The van der Waals surface area contributed by atoms with Crippen molar-refractivity contribution in [3.8, 4) is 11.8 Å². The molecule has 32 heavy (non-hydrogen) atoms. The minimum atomic E-state index is -0.421. The molecule has 3 rings (SSSR count). The molecule has 11 heteroatoms. The van der Waals surface area contributed by atoms with Crippen LogP contribution in [0.25, 0.3) is 0 Å². The van der Waals surface area contributed by atoms with Crippen LogP contribution in [-0.4, -0.2) is 67.2 Å². The van der Waals surface area contributed by atoms with E-state index >= 15 is 0 Å². The van der Waals surface area contributed by atoms with Crippen LogP contribution in [0.1, 0.15) is 24.8 Å². The largest absolute Gasteiger partial charge is 0.494 e. The number of nitriles is 1. The van der Waals surface area contributed by atoms with Crippen molar-refractivity contribution in [3.63, 3.8) is 0 Å². The van der Waals surface area contributed by atoms with Gasteiger partial charge in [0.25, 0.3) is 5.69 Å². The number of methoxy groups -OCH3 is 1. The van der Waals surface area contributed by atoms with Gasteiger partial charge in [0, 0.05) is 38.3 Å². The van der Waals surface area contributed by atoms with Crippen molar-refractivity contribution in [2.24, 2.45) is 0 Å². The number of benzene rings is 1. The van der Waals surface area contributed by atoms with Gasteiger partial charge in [0.1, 0.15) is 28.9 Å². The fourth-order valence-electron chi connectivity index (χ4n) is 3.25. The predicted molar refractivity (Wildman–Crippen MR) is 123 cm³/mol. The van der Waals surface area contributed by atoms with Gasteiger partial charge in [-0.15, -0.1) is 0 Å². The monoisotopic (exact) mass is 440 g/mol. The molecule has 0 bridgehead atoms. The molecule has 0 radical (unpaired) electrons. The van der Waals surface area contributed by atoms with Crippen LogP contribution < -0.4 is 20.3 Å². The summed E-state index contributed by atoms with van der Waals surface area (Å²) in [6.07, 6.45) is 4.63. The maximum Gasteiger partial charge on any atom is 0.294 e. The third-order valence-corrected chi connectivity index (χ3v) is 5.39. The van der Waals surface area contributed by atoms with E-state index in [1.807, 2.05) is 23.9 Å². The van der Waals surface area contributed by atoms with E-state index in [1.54, 1.807) is 13.1 Å². The summed E-state index contributed by atoms with van der Waals surface area (Å²) in [5, 5.41) is 27.4. The Bertz CT molecular complexity index is 1020. The van der Waals surface area contributed by atoms with Crippen molar-refractivity contribution in [3.05, 3.63) is 34.0 Å². The molecule has 170 valence electrons. The summed E-state index contributed by atoms with van der Waals surface area (Å²) in [6, 6.07) is 5.43. The zero-order chi connectivity index (χ0) is 23.3. The molecule has 2 aromatic rings. The lowest BCUT2D eigenvalue weighted by molar-refractivity contribution is -0.384. The highest BCUT2D eigenvalue weighted by atomic mass is 16.6. The molecule has 0 atom stereocenters. The third-order valence-electron chi connectivity index (χ3n) is 5.39. The fraction of sp³-hybridized carbons (Fsp3) is 0.476. The Hall–Kier alpha value is -3.65. The summed E-state index contributed by atoms with van der Waals surface area (Å²) in [4.78, 5) is 23.8. The Labute approximate surface area is 187 Å². The Morgan fingerprint density at radius 2 is 2.06 bits per heavy atom. The molecular weight excluding hydrogens is 412 g/mol. The van der Waals surface area contributed by atoms with Gasteiger partial charge < -0.3 is 25.2 Å². The fourth-order valence-corrected chi connectivity index (χ4v) is 3.25. The Morgan fingerprint density at radius 1 is 1.31 bits per heavy atom. The quantitative estimate of drug-likeness (QED) is 0.419. The highest BCUT2D eigenvalue weighted by Crippen LogP contribution is 2.39. The minimum Gasteiger partial charge on any atom is -0.494 e. The van der Waals surface area contributed by atoms with Crippen LogP contribution in [0, 0.1) is 21.4 Å². The molecule has 1 aromatic carbocycles. The molecule has 1 aromatic heterocycles. The first kappa shape index (κ1) is 23.0. The maximum atomic E-state index is 11.8. The molecule has 0 saturated heterocycles. The smallest absolute Gasteiger partial charge is 0.294 e. The van der Waals surface area contributed by atoms with Gasteiger partial charge in [-0.2, -0.15) is 10.2 Å². The van der Waals surface area contributed by atoms with Gasteiger partial charge >= 0.3 is 0 Å². The van der Waals surface area contributed by atoms with E-state index < -0.39 is 4.92 Å².